The van der Waals surface area contributed by atoms with E-state index in [9.17, 15) is 4.39 Å². The summed E-state index contributed by atoms with van der Waals surface area (Å²) in [4.78, 5) is 4.16. The number of benzene rings is 2. The molecule has 1 aromatic heterocycles. The normalized spacial score (nSPS) is 10.6. The molecule has 1 heterocycles. The zero-order chi connectivity index (χ0) is 14.7. The number of hydrogen-bond acceptors (Lipinski definition) is 3. The first kappa shape index (κ1) is 13.4. The molecule has 0 bridgehead atoms. The maximum absolute atomic E-state index is 12.9. The molecule has 0 spiro atoms. The van der Waals surface area contributed by atoms with Crippen molar-refractivity contribution in [1.82, 2.24) is 4.98 Å². The molecule has 3 rings (SSSR count). The van der Waals surface area contributed by atoms with Crippen molar-refractivity contribution >= 4 is 0 Å². The fourth-order valence-corrected chi connectivity index (χ4v) is 1.90. The topological polar surface area (TPSA) is 35.3 Å². The number of aryl methyl sites for hydroxylation is 1. The largest absolute Gasteiger partial charge is 0.484 e. The Bertz CT molecular complexity index is 717. The van der Waals surface area contributed by atoms with Gasteiger partial charge in [-0.2, -0.15) is 0 Å². The summed E-state index contributed by atoms with van der Waals surface area (Å²) >= 11 is 0. The molecule has 0 saturated carbocycles. The van der Waals surface area contributed by atoms with Crippen LogP contribution in [0.3, 0.4) is 0 Å². The number of hydrogen-bond donors (Lipinski definition) is 0. The minimum atomic E-state index is -0.277. The zero-order valence-electron chi connectivity index (χ0n) is 11.5. The molecular formula is C17H14FNO2. The first-order valence-corrected chi connectivity index (χ1v) is 6.61. The second kappa shape index (κ2) is 5.79. The average Bonchev–Trinajstić information content (AvgIpc) is 2.96. The van der Waals surface area contributed by atoms with Crippen molar-refractivity contribution in [1.29, 1.82) is 0 Å². The van der Waals surface area contributed by atoms with Gasteiger partial charge >= 0.3 is 0 Å². The van der Waals surface area contributed by atoms with Gasteiger partial charge in [-0.15, -0.1) is 0 Å². The van der Waals surface area contributed by atoms with Gasteiger partial charge in [0.1, 0.15) is 11.6 Å². The summed E-state index contributed by atoms with van der Waals surface area (Å²) in [5.74, 6) is 1.57. The van der Waals surface area contributed by atoms with Crippen LogP contribution in [0.25, 0.3) is 11.3 Å². The summed E-state index contributed by atoms with van der Waals surface area (Å²) in [5.41, 5.74) is 1.96. The third-order valence-electron chi connectivity index (χ3n) is 3.07. The maximum atomic E-state index is 12.9. The molecule has 106 valence electrons. The molecular weight excluding hydrogens is 269 g/mol. The number of nitrogens with zero attached hydrogens (tertiary/aromatic N) is 1. The predicted molar refractivity (Wildman–Crippen MR) is 77.4 cm³/mol. The molecule has 0 aliphatic heterocycles. The highest BCUT2D eigenvalue weighted by Gasteiger charge is 2.07. The first-order valence-electron chi connectivity index (χ1n) is 6.61. The van der Waals surface area contributed by atoms with Crippen LogP contribution in [0.1, 0.15) is 11.5 Å². The van der Waals surface area contributed by atoms with E-state index in [4.69, 9.17) is 9.15 Å². The van der Waals surface area contributed by atoms with Crippen molar-refractivity contribution in [3.8, 4) is 17.1 Å². The van der Waals surface area contributed by atoms with E-state index in [1.807, 2.05) is 31.2 Å². The molecule has 0 amide bonds. The lowest BCUT2D eigenvalue weighted by Gasteiger charge is -2.03. The molecule has 0 fully saturated rings. The molecule has 3 nitrogen and oxygen atoms in total. The monoisotopic (exact) mass is 283 g/mol. The van der Waals surface area contributed by atoms with Crippen molar-refractivity contribution in [2.24, 2.45) is 0 Å². The second-order valence-electron chi connectivity index (χ2n) is 4.73. The lowest BCUT2D eigenvalue weighted by atomic mass is 10.2. The fraction of sp³-hybridized carbons (Fsp3) is 0.118. The lowest BCUT2D eigenvalue weighted by Crippen LogP contribution is -1.95. The summed E-state index contributed by atoms with van der Waals surface area (Å²) < 4.78 is 24.1. The van der Waals surface area contributed by atoms with Gasteiger partial charge in [0.25, 0.3) is 0 Å². The highest BCUT2D eigenvalue weighted by atomic mass is 19.1. The van der Waals surface area contributed by atoms with Gasteiger partial charge in [0.05, 0.1) is 6.20 Å². The molecule has 0 saturated heterocycles. The molecule has 2 aromatic carbocycles. The van der Waals surface area contributed by atoms with Crippen molar-refractivity contribution in [3.05, 3.63) is 72.0 Å². The smallest absolute Gasteiger partial charge is 0.232 e. The molecule has 0 atom stereocenters. The Balaban J connectivity index is 1.67. The minimum Gasteiger partial charge on any atom is -0.484 e. The van der Waals surface area contributed by atoms with Gasteiger partial charge in [0.2, 0.25) is 5.89 Å². The predicted octanol–water partition coefficient (Wildman–Crippen LogP) is 4.37. The molecule has 3 aromatic rings. The summed E-state index contributed by atoms with van der Waals surface area (Å²) in [7, 11) is 0. The fourth-order valence-electron chi connectivity index (χ4n) is 1.90. The first-order chi connectivity index (χ1) is 10.2. The van der Waals surface area contributed by atoms with E-state index < -0.39 is 0 Å². The SMILES string of the molecule is Cc1ccc(OCc2ncc(-c3ccc(F)cc3)o2)cc1. The Morgan fingerprint density at radius 2 is 1.76 bits per heavy atom. The number of ether oxygens (including phenoxy) is 1. The van der Waals surface area contributed by atoms with Gasteiger partial charge in [0, 0.05) is 5.56 Å². The Labute approximate surface area is 122 Å². The van der Waals surface area contributed by atoms with E-state index in [0.29, 0.717) is 11.7 Å². The Hall–Kier alpha value is -2.62. The van der Waals surface area contributed by atoms with Gasteiger partial charge in [-0.25, -0.2) is 9.37 Å². The zero-order valence-corrected chi connectivity index (χ0v) is 11.5. The molecule has 0 N–H and O–H groups in total. The van der Waals surface area contributed by atoms with Crippen LogP contribution in [0.2, 0.25) is 0 Å². The second-order valence-corrected chi connectivity index (χ2v) is 4.73. The van der Waals surface area contributed by atoms with Gasteiger partial charge in [0.15, 0.2) is 12.4 Å². The number of rotatable bonds is 4. The van der Waals surface area contributed by atoms with Crippen molar-refractivity contribution in [3.63, 3.8) is 0 Å². The molecule has 4 heteroatoms. The van der Waals surface area contributed by atoms with Gasteiger partial charge < -0.3 is 9.15 Å². The third-order valence-corrected chi connectivity index (χ3v) is 3.07. The van der Waals surface area contributed by atoms with Crippen molar-refractivity contribution in [2.75, 3.05) is 0 Å². The third kappa shape index (κ3) is 3.28. The highest BCUT2D eigenvalue weighted by Crippen LogP contribution is 2.21. The van der Waals surface area contributed by atoms with Gasteiger partial charge in [-0.1, -0.05) is 17.7 Å². The van der Waals surface area contributed by atoms with E-state index >= 15 is 0 Å². The van der Waals surface area contributed by atoms with E-state index in [1.165, 1.54) is 17.7 Å². The Morgan fingerprint density at radius 3 is 2.48 bits per heavy atom. The lowest BCUT2D eigenvalue weighted by molar-refractivity contribution is 0.264. The molecule has 0 radical (unpaired) electrons. The van der Waals surface area contributed by atoms with Crippen molar-refractivity contribution in [2.45, 2.75) is 13.5 Å². The highest BCUT2D eigenvalue weighted by molar-refractivity contribution is 5.55. The van der Waals surface area contributed by atoms with Crippen LogP contribution >= 0.6 is 0 Å². The van der Waals surface area contributed by atoms with Gasteiger partial charge in [-0.3, -0.25) is 0 Å². The van der Waals surface area contributed by atoms with E-state index in [0.717, 1.165) is 11.3 Å². The van der Waals surface area contributed by atoms with Crippen LogP contribution in [0, 0.1) is 12.7 Å². The maximum Gasteiger partial charge on any atom is 0.232 e. The van der Waals surface area contributed by atoms with Crippen LogP contribution in [0.5, 0.6) is 5.75 Å². The van der Waals surface area contributed by atoms with Gasteiger partial charge in [-0.05, 0) is 43.3 Å². The summed E-state index contributed by atoms with van der Waals surface area (Å²) in [5, 5.41) is 0. The summed E-state index contributed by atoms with van der Waals surface area (Å²) in [6.07, 6.45) is 1.61. The van der Waals surface area contributed by atoms with Crippen LogP contribution in [0.4, 0.5) is 4.39 Å². The quantitative estimate of drug-likeness (QED) is 0.713. The molecule has 0 aliphatic carbocycles. The van der Waals surface area contributed by atoms with Crippen LogP contribution in [-0.2, 0) is 6.61 Å². The average molecular weight is 283 g/mol. The van der Waals surface area contributed by atoms with Crippen LogP contribution < -0.4 is 4.74 Å². The van der Waals surface area contributed by atoms with Crippen LogP contribution in [0.15, 0.2) is 59.1 Å². The molecule has 0 unspecified atom stereocenters. The van der Waals surface area contributed by atoms with E-state index in [2.05, 4.69) is 4.98 Å². The standard InChI is InChI=1S/C17H14FNO2/c1-12-2-8-15(9-3-12)20-11-17-19-10-16(21-17)13-4-6-14(18)7-5-13/h2-10H,11H2,1H3. The Kier molecular flexibility index (Phi) is 3.69. The molecule has 0 aliphatic rings. The number of oxazole rings is 1. The number of aromatic nitrogens is 1. The van der Waals surface area contributed by atoms with Crippen molar-refractivity contribution < 1.29 is 13.5 Å². The summed E-state index contributed by atoms with van der Waals surface area (Å²) in [6.45, 7) is 2.27. The van der Waals surface area contributed by atoms with Crippen LogP contribution in [-0.4, -0.2) is 4.98 Å². The van der Waals surface area contributed by atoms with E-state index in [-0.39, 0.29) is 12.4 Å². The Morgan fingerprint density at radius 1 is 1.05 bits per heavy atom. The van der Waals surface area contributed by atoms with E-state index in [1.54, 1.807) is 18.3 Å². The minimum absolute atomic E-state index is 0.254. The summed E-state index contributed by atoms with van der Waals surface area (Å²) in [6, 6.07) is 13.9. The number of halogens is 1. The molecule has 21 heavy (non-hydrogen) atoms.